The molecule has 0 unspecified atom stereocenters. The Bertz CT molecular complexity index is 1410. The number of hydrogen-bond acceptors (Lipinski definition) is 3. The normalized spacial score (nSPS) is 14.5. The third-order valence-electron chi connectivity index (χ3n) is 6.80. The third-order valence-corrected chi connectivity index (χ3v) is 6.80. The second-order valence-electron chi connectivity index (χ2n) is 8.88. The van der Waals surface area contributed by atoms with E-state index in [4.69, 9.17) is 4.74 Å². The highest BCUT2D eigenvalue weighted by Crippen LogP contribution is 2.28. The Hall–Kier alpha value is -4.12. The molecule has 0 spiro atoms. The summed E-state index contributed by atoms with van der Waals surface area (Å²) in [7, 11) is 1.64. The van der Waals surface area contributed by atoms with Crippen molar-refractivity contribution in [2.45, 2.75) is 18.8 Å². The van der Waals surface area contributed by atoms with Crippen LogP contribution in [0.3, 0.4) is 0 Å². The summed E-state index contributed by atoms with van der Waals surface area (Å²) in [5.74, 6) is 1.06. The molecule has 2 heterocycles. The highest BCUT2D eigenvalue weighted by Gasteiger charge is 2.26. The molecule has 1 saturated heterocycles. The molecule has 3 aromatic carbocycles. The van der Waals surface area contributed by atoms with Crippen molar-refractivity contribution in [2.75, 3.05) is 20.2 Å². The first-order valence-corrected chi connectivity index (χ1v) is 11.9. The number of ether oxygens (including phenoxy) is 1. The topological polar surface area (TPSA) is 62.4 Å². The zero-order valence-corrected chi connectivity index (χ0v) is 19.7. The molecule has 176 valence electrons. The number of piperidine rings is 1. The van der Waals surface area contributed by atoms with Gasteiger partial charge in [0.15, 0.2) is 0 Å². The van der Waals surface area contributed by atoms with Crippen molar-refractivity contribution in [1.29, 1.82) is 0 Å². The number of hydrogen-bond donors (Lipinski definition) is 1. The SMILES string of the molecule is COc1ccc(/C=C/c2cccc3c(=O)c(C(=O)N4CCC(c5ccccc5)CC4)c[nH]c23)cc1. The fourth-order valence-electron chi connectivity index (χ4n) is 4.79. The smallest absolute Gasteiger partial charge is 0.259 e. The number of amides is 1. The van der Waals surface area contributed by atoms with Crippen LogP contribution >= 0.6 is 0 Å². The maximum Gasteiger partial charge on any atom is 0.259 e. The average molecular weight is 465 g/mol. The lowest BCUT2D eigenvalue weighted by Gasteiger charge is -2.32. The van der Waals surface area contributed by atoms with Crippen LogP contribution in [-0.4, -0.2) is 36.0 Å². The molecule has 0 aliphatic carbocycles. The van der Waals surface area contributed by atoms with Crippen LogP contribution in [0.5, 0.6) is 5.75 Å². The Morgan fingerprint density at radius 2 is 1.69 bits per heavy atom. The molecule has 1 aromatic heterocycles. The van der Waals surface area contributed by atoms with Crippen LogP contribution in [0.4, 0.5) is 0 Å². The predicted octanol–water partition coefficient (Wildman–Crippen LogP) is 5.73. The van der Waals surface area contributed by atoms with E-state index in [1.54, 1.807) is 19.4 Å². The Labute approximate surface area is 204 Å². The second-order valence-corrected chi connectivity index (χ2v) is 8.88. The zero-order valence-electron chi connectivity index (χ0n) is 19.7. The number of methoxy groups -OCH3 is 1. The number of H-pyrrole nitrogens is 1. The molecule has 0 atom stereocenters. The van der Waals surface area contributed by atoms with E-state index in [0.29, 0.717) is 24.4 Å². The number of pyridine rings is 1. The van der Waals surface area contributed by atoms with E-state index in [9.17, 15) is 9.59 Å². The van der Waals surface area contributed by atoms with Gasteiger partial charge in [-0.2, -0.15) is 0 Å². The Kier molecular flexibility index (Phi) is 6.49. The number of aromatic amines is 1. The molecule has 35 heavy (non-hydrogen) atoms. The number of carbonyl (C=O) groups is 1. The number of nitrogens with zero attached hydrogens (tertiary/aromatic N) is 1. The van der Waals surface area contributed by atoms with Gasteiger partial charge in [-0.1, -0.05) is 66.7 Å². The first kappa shape index (κ1) is 22.7. The van der Waals surface area contributed by atoms with Crippen molar-refractivity contribution in [3.8, 4) is 5.75 Å². The van der Waals surface area contributed by atoms with Crippen LogP contribution in [0.1, 0.15) is 45.8 Å². The summed E-state index contributed by atoms with van der Waals surface area (Å²) in [4.78, 5) is 31.6. The standard InChI is InChI=1S/C30H28N2O3/c1-35-25-14-11-21(12-15-25)10-13-24-8-5-9-26-28(24)31-20-27(29(26)33)30(34)32-18-16-23(17-19-32)22-6-3-2-4-7-22/h2-15,20,23H,16-19H2,1H3,(H,31,33)/b13-10+. The third kappa shape index (κ3) is 4.76. The maximum absolute atomic E-state index is 13.3. The number of benzene rings is 3. The molecule has 0 radical (unpaired) electrons. The number of rotatable bonds is 5. The van der Waals surface area contributed by atoms with Crippen LogP contribution in [0.15, 0.2) is 83.8 Å². The molecule has 1 aliphatic rings. The van der Waals surface area contributed by atoms with Gasteiger partial charge in [0.25, 0.3) is 5.91 Å². The van der Waals surface area contributed by atoms with E-state index in [0.717, 1.165) is 35.2 Å². The minimum atomic E-state index is -0.228. The fourth-order valence-corrected chi connectivity index (χ4v) is 4.79. The number of nitrogens with one attached hydrogen (secondary N) is 1. The molecule has 1 amide bonds. The summed E-state index contributed by atoms with van der Waals surface area (Å²) in [5.41, 5.74) is 3.93. The van der Waals surface area contributed by atoms with E-state index in [2.05, 4.69) is 29.2 Å². The number of para-hydroxylation sites is 1. The summed E-state index contributed by atoms with van der Waals surface area (Å²) in [6.45, 7) is 1.31. The summed E-state index contributed by atoms with van der Waals surface area (Å²) in [6.07, 6.45) is 7.34. The molecule has 5 nitrogen and oxygen atoms in total. The quantitative estimate of drug-likeness (QED) is 0.384. The van der Waals surface area contributed by atoms with Gasteiger partial charge in [-0.25, -0.2) is 0 Å². The molecule has 1 N–H and O–H groups in total. The Balaban J connectivity index is 1.35. The van der Waals surface area contributed by atoms with Crippen LogP contribution in [0.2, 0.25) is 0 Å². The lowest BCUT2D eigenvalue weighted by molar-refractivity contribution is 0.0711. The van der Waals surface area contributed by atoms with E-state index < -0.39 is 0 Å². The predicted molar refractivity (Wildman–Crippen MR) is 141 cm³/mol. The van der Waals surface area contributed by atoms with Crippen molar-refractivity contribution in [3.05, 3.63) is 111 Å². The summed E-state index contributed by atoms with van der Waals surface area (Å²) in [6, 6.07) is 23.8. The summed E-state index contributed by atoms with van der Waals surface area (Å²) >= 11 is 0. The first-order valence-electron chi connectivity index (χ1n) is 11.9. The highest BCUT2D eigenvalue weighted by molar-refractivity contribution is 5.99. The van der Waals surface area contributed by atoms with Gasteiger partial charge >= 0.3 is 0 Å². The van der Waals surface area contributed by atoms with Crippen molar-refractivity contribution in [3.63, 3.8) is 0 Å². The molecule has 1 fully saturated rings. The number of fused-ring (bicyclic) bond motifs is 1. The molecular formula is C30H28N2O3. The van der Waals surface area contributed by atoms with Crippen LogP contribution < -0.4 is 10.2 Å². The monoisotopic (exact) mass is 464 g/mol. The van der Waals surface area contributed by atoms with Crippen LogP contribution in [0.25, 0.3) is 23.1 Å². The van der Waals surface area contributed by atoms with Gasteiger partial charge in [-0.15, -0.1) is 0 Å². The van der Waals surface area contributed by atoms with E-state index in [1.807, 2.05) is 59.5 Å². The van der Waals surface area contributed by atoms with Crippen LogP contribution in [-0.2, 0) is 0 Å². The zero-order chi connectivity index (χ0) is 24.2. The molecule has 0 saturated carbocycles. The highest BCUT2D eigenvalue weighted by atomic mass is 16.5. The van der Waals surface area contributed by atoms with Crippen molar-refractivity contribution >= 4 is 29.0 Å². The molecule has 1 aliphatic heterocycles. The summed E-state index contributed by atoms with van der Waals surface area (Å²) in [5, 5.41) is 0.520. The largest absolute Gasteiger partial charge is 0.497 e. The van der Waals surface area contributed by atoms with Gasteiger partial charge in [-0.05, 0) is 53.6 Å². The first-order chi connectivity index (χ1) is 17.1. The van der Waals surface area contributed by atoms with Crippen molar-refractivity contribution < 1.29 is 9.53 Å². The number of carbonyl (C=O) groups excluding carboxylic acids is 1. The molecular weight excluding hydrogens is 436 g/mol. The van der Waals surface area contributed by atoms with Gasteiger partial charge < -0.3 is 14.6 Å². The van der Waals surface area contributed by atoms with Gasteiger partial charge in [0.1, 0.15) is 11.3 Å². The molecule has 5 rings (SSSR count). The Morgan fingerprint density at radius 3 is 2.40 bits per heavy atom. The minimum absolute atomic E-state index is 0.196. The second kappa shape index (κ2) is 10.0. The van der Waals surface area contributed by atoms with E-state index in [-0.39, 0.29) is 16.9 Å². The van der Waals surface area contributed by atoms with Gasteiger partial charge in [0, 0.05) is 24.7 Å². The van der Waals surface area contributed by atoms with Gasteiger partial charge in [0.05, 0.1) is 12.6 Å². The summed E-state index contributed by atoms with van der Waals surface area (Å²) < 4.78 is 5.21. The van der Waals surface area contributed by atoms with E-state index in [1.165, 1.54) is 5.56 Å². The Morgan fingerprint density at radius 1 is 0.943 bits per heavy atom. The van der Waals surface area contributed by atoms with Crippen molar-refractivity contribution in [2.24, 2.45) is 0 Å². The average Bonchev–Trinajstić information content (AvgIpc) is 2.93. The van der Waals surface area contributed by atoms with Gasteiger partial charge in [0.2, 0.25) is 5.43 Å². The van der Waals surface area contributed by atoms with E-state index >= 15 is 0 Å². The number of likely N-dealkylation sites (tertiary alicyclic amines) is 1. The maximum atomic E-state index is 13.3. The molecule has 4 aromatic rings. The lowest BCUT2D eigenvalue weighted by atomic mass is 9.89. The molecule has 0 bridgehead atoms. The van der Waals surface area contributed by atoms with Gasteiger partial charge in [-0.3, -0.25) is 9.59 Å². The van der Waals surface area contributed by atoms with Crippen LogP contribution in [0, 0.1) is 0 Å². The minimum Gasteiger partial charge on any atom is -0.497 e. The van der Waals surface area contributed by atoms with Crippen molar-refractivity contribution in [1.82, 2.24) is 9.88 Å². The fraction of sp³-hybridized carbons (Fsp3) is 0.200. The number of aromatic nitrogens is 1. The molecule has 5 heteroatoms. The lowest BCUT2D eigenvalue weighted by Crippen LogP contribution is -2.40.